The number of methoxy groups -OCH3 is 2. The van der Waals surface area contributed by atoms with Crippen LogP contribution in [0.5, 0.6) is 5.75 Å². The zero-order chi connectivity index (χ0) is 23.2. The number of benzene rings is 2. The van der Waals surface area contributed by atoms with Gasteiger partial charge in [0, 0.05) is 11.8 Å². The van der Waals surface area contributed by atoms with E-state index in [1.807, 2.05) is 36.4 Å². The van der Waals surface area contributed by atoms with E-state index in [1.54, 1.807) is 42.6 Å². The highest BCUT2D eigenvalue weighted by Crippen LogP contribution is 2.31. The number of nitrogens with zero attached hydrogens (tertiary/aromatic N) is 3. The molecule has 0 bridgehead atoms. The Hall–Kier alpha value is -4.46. The average molecular weight is 443 g/mol. The Morgan fingerprint density at radius 3 is 2.33 bits per heavy atom. The van der Waals surface area contributed by atoms with Gasteiger partial charge in [0.1, 0.15) is 23.6 Å². The number of rotatable bonds is 7. The summed E-state index contributed by atoms with van der Waals surface area (Å²) in [7, 11) is 2.50. The second-order valence-corrected chi connectivity index (χ2v) is 6.94. The fourth-order valence-electron chi connectivity index (χ4n) is 3.33. The van der Waals surface area contributed by atoms with Crippen LogP contribution in [0, 0.1) is 0 Å². The predicted molar refractivity (Wildman–Crippen MR) is 120 cm³/mol. The molecule has 0 aliphatic heterocycles. The van der Waals surface area contributed by atoms with Crippen LogP contribution in [0.1, 0.15) is 26.5 Å². The zero-order valence-corrected chi connectivity index (χ0v) is 18.1. The number of carbonyl (C=O) groups is 2. The molecule has 4 rings (SSSR count). The Kier molecular flexibility index (Phi) is 6.45. The fourth-order valence-corrected chi connectivity index (χ4v) is 3.33. The van der Waals surface area contributed by atoms with Gasteiger partial charge in [-0.15, -0.1) is 0 Å². The molecule has 0 saturated carbocycles. The van der Waals surface area contributed by atoms with E-state index < -0.39 is 11.9 Å². The summed E-state index contributed by atoms with van der Waals surface area (Å²) >= 11 is 0. The molecule has 2 heterocycles. The summed E-state index contributed by atoms with van der Waals surface area (Å²) in [4.78, 5) is 29.7. The molecule has 33 heavy (non-hydrogen) atoms. The molecule has 2 aromatic heterocycles. The van der Waals surface area contributed by atoms with E-state index in [-0.39, 0.29) is 23.6 Å². The average Bonchev–Trinajstić information content (AvgIpc) is 3.28. The van der Waals surface area contributed by atoms with Crippen LogP contribution >= 0.6 is 0 Å². The minimum Gasteiger partial charge on any atom is -0.487 e. The molecule has 0 saturated heterocycles. The minimum absolute atomic E-state index is 0.00933. The normalized spacial score (nSPS) is 10.5. The van der Waals surface area contributed by atoms with Crippen molar-refractivity contribution in [2.75, 3.05) is 14.2 Å². The van der Waals surface area contributed by atoms with E-state index in [2.05, 4.69) is 10.1 Å². The Morgan fingerprint density at radius 1 is 0.879 bits per heavy atom. The van der Waals surface area contributed by atoms with Crippen molar-refractivity contribution in [3.05, 3.63) is 95.9 Å². The van der Waals surface area contributed by atoms with E-state index in [9.17, 15) is 9.59 Å². The van der Waals surface area contributed by atoms with Crippen LogP contribution in [0.3, 0.4) is 0 Å². The van der Waals surface area contributed by atoms with E-state index in [0.717, 1.165) is 5.69 Å². The molecule has 0 spiro atoms. The van der Waals surface area contributed by atoms with Crippen LogP contribution < -0.4 is 4.74 Å². The van der Waals surface area contributed by atoms with Crippen LogP contribution in [0.2, 0.25) is 0 Å². The summed E-state index contributed by atoms with van der Waals surface area (Å²) in [5, 5.41) is 4.60. The SMILES string of the molecule is COC(=O)c1c(-c2cccc(OCc3ccccn3)c2)nn(-c2ccccc2)c1C(=O)OC. The third kappa shape index (κ3) is 4.59. The predicted octanol–water partition coefficient (Wildman–Crippen LogP) is 4.09. The molecule has 8 heteroatoms. The van der Waals surface area contributed by atoms with Crippen LogP contribution in [-0.2, 0) is 16.1 Å². The Bertz CT molecular complexity index is 1270. The van der Waals surface area contributed by atoms with Crippen molar-refractivity contribution in [1.82, 2.24) is 14.8 Å². The molecule has 0 radical (unpaired) electrons. The summed E-state index contributed by atoms with van der Waals surface area (Å²) in [5.74, 6) is -0.851. The minimum atomic E-state index is -0.708. The lowest BCUT2D eigenvalue weighted by Crippen LogP contribution is -2.15. The van der Waals surface area contributed by atoms with Crippen molar-refractivity contribution in [3.63, 3.8) is 0 Å². The summed E-state index contributed by atoms with van der Waals surface area (Å²) < 4.78 is 17.2. The van der Waals surface area contributed by atoms with Crippen LogP contribution in [0.15, 0.2) is 79.0 Å². The van der Waals surface area contributed by atoms with Gasteiger partial charge in [0.25, 0.3) is 0 Å². The van der Waals surface area contributed by atoms with Crippen LogP contribution in [0.4, 0.5) is 0 Å². The van der Waals surface area contributed by atoms with Gasteiger partial charge >= 0.3 is 11.9 Å². The van der Waals surface area contributed by atoms with Crippen molar-refractivity contribution in [2.45, 2.75) is 6.61 Å². The topological polar surface area (TPSA) is 92.5 Å². The third-order valence-electron chi connectivity index (χ3n) is 4.87. The standard InChI is InChI=1S/C25H21N3O5/c1-31-24(29)21-22(27-28(23(21)25(30)32-2)19-11-4-3-5-12-19)17-9-8-13-20(15-17)33-16-18-10-6-7-14-26-18/h3-15H,16H2,1-2H3. The highest BCUT2D eigenvalue weighted by molar-refractivity contribution is 6.06. The van der Waals surface area contributed by atoms with Gasteiger partial charge in [-0.05, 0) is 36.4 Å². The lowest BCUT2D eigenvalue weighted by Gasteiger charge is -2.08. The highest BCUT2D eigenvalue weighted by Gasteiger charge is 2.31. The maximum atomic E-state index is 12.8. The lowest BCUT2D eigenvalue weighted by atomic mass is 10.1. The summed E-state index contributed by atoms with van der Waals surface area (Å²) in [6.45, 7) is 0.278. The monoisotopic (exact) mass is 443 g/mol. The number of aromatic nitrogens is 3. The maximum Gasteiger partial charge on any atom is 0.357 e. The van der Waals surface area contributed by atoms with E-state index in [1.165, 1.54) is 18.9 Å². The van der Waals surface area contributed by atoms with Gasteiger partial charge in [-0.3, -0.25) is 4.98 Å². The molecule has 0 aliphatic carbocycles. The first-order valence-electron chi connectivity index (χ1n) is 10.1. The van der Waals surface area contributed by atoms with Crippen molar-refractivity contribution in [3.8, 4) is 22.7 Å². The van der Waals surface area contributed by atoms with Crippen LogP contribution in [-0.4, -0.2) is 40.9 Å². The molecule has 0 atom stereocenters. The van der Waals surface area contributed by atoms with Crippen molar-refractivity contribution in [2.24, 2.45) is 0 Å². The summed E-state index contributed by atoms with van der Waals surface area (Å²) in [5.41, 5.74) is 2.21. The van der Waals surface area contributed by atoms with E-state index in [0.29, 0.717) is 17.0 Å². The number of esters is 2. The number of carbonyl (C=O) groups excluding carboxylic acids is 2. The van der Waals surface area contributed by atoms with Gasteiger partial charge in [-0.25, -0.2) is 14.3 Å². The van der Waals surface area contributed by atoms with Gasteiger partial charge < -0.3 is 14.2 Å². The second-order valence-electron chi connectivity index (χ2n) is 6.94. The first-order chi connectivity index (χ1) is 16.1. The molecule has 8 nitrogen and oxygen atoms in total. The largest absolute Gasteiger partial charge is 0.487 e. The quantitative estimate of drug-likeness (QED) is 0.397. The van der Waals surface area contributed by atoms with Gasteiger partial charge in [-0.1, -0.05) is 36.4 Å². The Labute approximate surface area is 190 Å². The molecule has 0 N–H and O–H groups in total. The van der Waals surface area contributed by atoms with Crippen molar-refractivity contribution < 1.29 is 23.8 Å². The van der Waals surface area contributed by atoms with E-state index in [4.69, 9.17) is 14.2 Å². The number of ether oxygens (including phenoxy) is 3. The van der Waals surface area contributed by atoms with Gasteiger partial charge in [0.05, 0.1) is 25.6 Å². The smallest absolute Gasteiger partial charge is 0.357 e. The third-order valence-corrected chi connectivity index (χ3v) is 4.87. The molecule has 166 valence electrons. The molecule has 0 fully saturated rings. The van der Waals surface area contributed by atoms with Crippen molar-refractivity contribution >= 4 is 11.9 Å². The maximum absolute atomic E-state index is 12.8. The molecule has 0 unspecified atom stereocenters. The zero-order valence-electron chi connectivity index (χ0n) is 18.1. The van der Waals surface area contributed by atoms with Gasteiger partial charge in [-0.2, -0.15) is 5.10 Å². The number of pyridine rings is 1. The molecule has 2 aromatic carbocycles. The molecule has 0 amide bonds. The summed E-state index contributed by atoms with van der Waals surface area (Å²) in [6, 6.07) is 21.7. The van der Waals surface area contributed by atoms with Gasteiger partial charge in [0.15, 0.2) is 5.69 Å². The first-order valence-corrected chi connectivity index (χ1v) is 10.1. The Morgan fingerprint density at radius 2 is 1.64 bits per heavy atom. The summed E-state index contributed by atoms with van der Waals surface area (Å²) in [6.07, 6.45) is 1.70. The molecule has 0 aliphatic rings. The molecular weight excluding hydrogens is 422 g/mol. The van der Waals surface area contributed by atoms with Gasteiger partial charge in [0.2, 0.25) is 0 Å². The first kappa shape index (κ1) is 21.8. The highest BCUT2D eigenvalue weighted by atomic mass is 16.5. The molecule has 4 aromatic rings. The fraction of sp³-hybridized carbons (Fsp3) is 0.120. The van der Waals surface area contributed by atoms with Crippen LogP contribution in [0.25, 0.3) is 16.9 Å². The second kappa shape index (κ2) is 9.78. The Balaban J connectivity index is 1.81. The number of hydrogen-bond donors (Lipinski definition) is 0. The number of para-hydroxylation sites is 1. The number of hydrogen-bond acceptors (Lipinski definition) is 7. The van der Waals surface area contributed by atoms with E-state index >= 15 is 0 Å². The van der Waals surface area contributed by atoms with Crippen molar-refractivity contribution in [1.29, 1.82) is 0 Å². The lowest BCUT2D eigenvalue weighted by molar-refractivity contribution is 0.0549. The molecular formula is C25H21N3O5.